The minimum absolute atomic E-state index is 0.0349. The maximum Gasteiger partial charge on any atom is 0.232 e. The summed E-state index contributed by atoms with van der Waals surface area (Å²) in [6.07, 6.45) is 2.90. The van der Waals surface area contributed by atoms with Gasteiger partial charge in [0.2, 0.25) is 15.9 Å². The van der Waals surface area contributed by atoms with Gasteiger partial charge in [-0.15, -0.1) is 0 Å². The van der Waals surface area contributed by atoms with Gasteiger partial charge in [0.1, 0.15) is 0 Å². The second-order valence-electron chi connectivity index (χ2n) is 6.71. The highest BCUT2D eigenvalue weighted by Gasteiger charge is 2.18. The predicted octanol–water partition coefficient (Wildman–Crippen LogP) is 1.92. The molecule has 1 aromatic carbocycles. The molecule has 1 amide bonds. The Hall–Kier alpha value is -1.60. The fraction of sp³-hybridized carbons (Fsp3) is 0.611. The second kappa shape index (κ2) is 9.77. The standard InChI is InChI=1S/C18H31N3O3S/c1-15-9-10-17(14-16(15)2)21(25(5,23)24)13-6-8-18(22)19-11-7-12-20(3)4/h9-10,14H,6-8,11-13H2,1-5H3,(H,19,22). The molecule has 0 aliphatic heterocycles. The number of nitrogens with zero attached hydrogens (tertiary/aromatic N) is 2. The molecule has 1 N–H and O–H groups in total. The largest absolute Gasteiger partial charge is 0.356 e. The normalized spacial score (nSPS) is 11.6. The summed E-state index contributed by atoms with van der Waals surface area (Å²) in [4.78, 5) is 13.9. The molecule has 0 saturated carbocycles. The molecule has 25 heavy (non-hydrogen) atoms. The molecule has 0 atom stereocenters. The van der Waals surface area contributed by atoms with Gasteiger partial charge in [-0.2, -0.15) is 0 Å². The molecule has 0 aliphatic carbocycles. The number of benzene rings is 1. The summed E-state index contributed by atoms with van der Waals surface area (Å²) in [6.45, 7) is 5.82. The maximum absolute atomic E-state index is 12.1. The SMILES string of the molecule is Cc1ccc(N(CCCC(=O)NCCCN(C)C)S(C)(=O)=O)cc1C. The first kappa shape index (κ1) is 21.4. The third-order valence-electron chi connectivity index (χ3n) is 4.05. The molecule has 0 bridgehead atoms. The van der Waals surface area contributed by atoms with Crippen molar-refractivity contribution in [2.45, 2.75) is 33.1 Å². The number of aryl methyl sites for hydroxylation is 2. The van der Waals surface area contributed by atoms with Crippen molar-refractivity contribution in [3.8, 4) is 0 Å². The summed E-state index contributed by atoms with van der Waals surface area (Å²) in [6, 6.07) is 5.60. The van der Waals surface area contributed by atoms with E-state index in [1.54, 1.807) is 0 Å². The number of amides is 1. The van der Waals surface area contributed by atoms with E-state index in [0.717, 1.165) is 24.1 Å². The van der Waals surface area contributed by atoms with E-state index in [2.05, 4.69) is 10.2 Å². The van der Waals surface area contributed by atoms with Gasteiger partial charge < -0.3 is 10.2 Å². The Kier molecular flexibility index (Phi) is 8.38. The van der Waals surface area contributed by atoms with Gasteiger partial charge in [-0.1, -0.05) is 6.07 Å². The minimum atomic E-state index is -3.38. The van der Waals surface area contributed by atoms with Crippen molar-refractivity contribution in [2.75, 3.05) is 44.3 Å². The monoisotopic (exact) mass is 369 g/mol. The van der Waals surface area contributed by atoms with Crippen LogP contribution in [-0.4, -0.2) is 59.2 Å². The highest BCUT2D eigenvalue weighted by Crippen LogP contribution is 2.21. The maximum atomic E-state index is 12.1. The first-order chi connectivity index (χ1) is 11.6. The van der Waals surface area contributed by atoms with E-state index < -0.39 is 10.0 Å². The van der Waals surface area contributed by atoms with Crippen LogP contribution in [0.2, 0.25) is 0 Å². The average molecular weight is 370 g/mol. The lowest BCUT2D eigenvalue weighted by Gasteiger charge is -2.23. The van der Waals surface area contributed by atoms with E-state index in [1.165, 1.54) is 10.6 Å². The molecule has 0 spiro atoms. The molecular formula is C18H31N3O3S. The lowest BCUT2D eigenvalue weighted by Crippen LogP contribution is -2.32. The van der Waals surface area contributed by atoms with Gasteiger partial charge in [0.25, 0.3) is 0 Å². The summed E-state index contributed by atoms with van der Waals surface area (Å²) < 4.78 is 25.6. The van der Waals surface area contributed by atoms with Crippen LogP contribution in [0.1, 0.15) is 30.4 Å². The highest BCUT2D eigenvalue weighted by atomic mass is 32.2. The molecule has 1 aromatic rings. The summed E-state index contributed by atoms with van der Waals surface area (Å²) >= 11 is 0. The molecule has 0 saturated heterocycles. The first-order valence-electron chi connectivity index (χ1n) is 8.57. The molecule has 0 fully saturated rings. The zero-order chi connectivity index (χ0) is 19.0. The van der Waals surface area contributed by atoms with E-state index in [4.69, 9.17) is 0 Å². The number of hydrogen-bond donors (Lipinski definition) is 1. The first-order valence-corrected chi connectivity index (χ1v) is 10.4. The number of sulfonamides is 1. The Morgan fingerprint density at radius 2 is 1.76 bits per heavy atom. The van der Waals surface area contributed by atoms with E-state index in [9.17, 15) is 13.2 Å². The van der Waals surface area contributed by atoms with Gasteiger partial charge in [0.15, 0.2) is 0 Å². The van der Waals surface area contributed by atoms with E-state index in [-0.39, 0.29) is 5.91 Å². The van der Waals surface area contributed by atoms with Crippen LogP contribution in [0.15, 0.2) is 18.2 Å². The molecule has 0 unspecified atom stereocenters. The van der Waals surface area contributed by atoms with Gasteiger partial charge in [-0.25, -0.2) is 8.42 Å². The van der Waals surface area contributed by atoms with Crippen molar-refractivity contribution in [3.63, 3.8) is 0 Å². The van der Waals surface area contributed by atoms with Crippen LogP contribution in [0, 0.1) is 13.8 Å². The smallest absolute Gasteiger partial charge is 0.232 e. The van der Waals surface area contributed by atoms with Crippen LogP contribution in [0.4, 0.5) is 5.69 Å². The van der Waals surface area contributed by atoms with Crippen molar-refractivity contribution < 1.29 is 13.2 Å². The highest BCUT2D eigenvalue weighted by molar-refractivity contribution is 7.92. The van der Waals surface area contributed by atoms with Crippen LogP contribution < -0.4 is 9.62 Å². The number of rotatable bonds is 10. The Bertz CT molecular complexity index is 672. The van der Waals surface area contributed by atoms with Gasteiger partial charge in [-0.05, 0) is 70.6 Å². The number of nitrogens with one attached hydrogen (secondary N) is 1. The fourth-order valence-corrected chi connectivity index (χ4v) is 3.42. The molecule has 6 nitrogen and oxygen atoms in total. The van der Waals surface area contributed by atoms with E-state index in [1.807, 2.05) is 46.1 Å². The summed E-state index contributed by atoms with van der Waals surface area (Å²) in [7, 11) is 0.609. The number of anilines is 1. The Morgan fingerprint density at radius 3 is 2.32 bits per heavy atom. The van der Waals surface area contributed by atoms with Crippen LogP contribution in [-0.2, 0) is 14.8 Å². The molecule has 142 valence electrons. The fourth-order valence-electron chi connectivity index (χ4n) is 2.46. The van der Waals surface area contributed by atoms with Crippen molar-refractivity contribution in [3.05, 3.63) is 29.3 Å². The third kappa shape index (κ3) is 7.88. The summed E-state index contributed by atoms with van der Waals surface area (Å²) in [5.74, 6) is -0.0349. The number of hydrogen-bond acceptors (Lipinski definition) is 4. The quantitative estimate of drug-likeness (QED) is 0.640. The average Bonchev–Trinajstić information content (AvgIpc) is 2.49. The van der Waals surface area contributed by atoms with E-state index in [0.29, 0.717) is 31.6 Å². The lowest BCUT2D eigenvalue weighted by atomic mass is 10.1. The number of carbonyl (C=O) groups excluding carboxylic acids is 1. The molecule has 0 aromatic heterocycles. The Morgan fingerprint density at radius 1 is 1.08 bits per heavy atom. The van der Waals surface area contributed by atoms with Crippen LogP contribution >= 0.6 is 0 Å². The molecule has 7 heteroatoms. The zero-order valence-corrected chi connectivity index (χ0v) is 16.8. The van der Waals surface area contributed by atoms with Gasteiger partial charge in [0.05, 0.1) is 11.9 Å². The van der Waals surface area contributed by atoms with Gasteiger partial charge in [0, 0.05) is 19.5 Å². The van der Waals surface area contributed by atoms with Crippen molar-refractivity contribution in [1.29, 1.82) is 0 Å². The Balaban J connectivity index is 2.55. The molecule has 0 heterocycles. The van der Waals surface area contributed by atoms with Crippen LogP contribution in [0.3, 0.4) is 0 Å². The summed E-state index contributed by atoms with van der Waals surface area (Å²) in [5.41, 5.74) is 2.82. The van der Waals surface area contributed by atoms with Crippen molar-refractivity contribution >= 4 is 21.6 Å². The van der Waals surface area contributed by atoms with Crippen LogP contribution in [0.25, 0.3) is 0 Å². The lowest BCUT2D eigenvalue weighted by molar-refractivity contribution is -0.121. The van der Waals surface area contributed by atoms with E-state index >= 15 is 0 Å². The minimum Gasteiger partial charge on any atom is -0.356 e. The third-order valence-corrected chi connectivity index (χ3v) is 5.24. The van der Waals surface area contributed by atoms with Gasteiger partial charge in [-0.3, -0.25) is 9.10 Å². The Labute approximate surface area is 152 Å². The topological polar surface area (TPSA) is 69.7 Å². The van der Waals surface area contributed by atoms with Crippen LogP contribution in [0.5, 0.6) is 0 Å². The van der Waals surface area contributed by atoms with Crippen molar-refractivity contribution in [1.82, 2.24) is 10.2 Å². The second-order valence-corrected chi connectivity index (χ2v) is 8.62. The molecular weight excluding hydrogens is 338 g/mol. The predicted molar refractivity (Wildman–Crippen MR) is 104 cm³/mol. The number of carbonyl (C=O) groups is 1. The van der Waals surface area contributed by atoms with Gasteiger partial charge >= 0.3 is 0 Å². The molecule has 0 radical (unpaired) electrons. The van der Waals surface area contributed by atoms with Crippen molar-refractivity contribution in [2.24, 2.45) is 0 Å². The molecule has 0 aliphatic rings. The zero-order valence-electron chi connectivity index (χ0n) is 16.0. The summed E-state index contributed by atoms with van der Waals surface area (Å²) in [5, 5.41) is 2.87. The molecule has 1 rings (SSSR count).